The third-order valence-electron chi connectivity index (χ3n) is 3.03. The van der Waals surface area contributed by atoms with Crippen molar-refractivity contribution in [1.29, 1.82) is 0 Å². The molecule has 4 nitrogen and oxygen atoms in total. The number of hydrogen-bond acceptors (Lipinski definition) is 3. The molecule has 0 saturated carbocycles. The molecule has 0 aliphatic rings. The largest absolute Gasteiger partial charge is 0.490 e. The van der Waals surface area contributed by atoms with Gasteiger partial charge in [-0.1, -0.05) is 35.3 Å². The van der Waals surface area contributed by atoms with Crippen molar-refractivity contribution in [2.75, 3.05) is 13.2 Å². The summed E-state index contributed by atoms with van der Waals surface area (Å²) in [5, 5.41) is 9.74. The van der Waals surface area contributed by atoms with Crippen LogP contribution in [0.1, 0.15) is 12.0 Å². The Morgan fingerprint density at radius 1 is 1.04 bits per heavy atom. The second-order valence-electron chi connectivity index (χ2n) is 4.81. The van der Waals surface area contributed by atoms with Crippen molar-refractivity contribution in [2.45, 2.75) is 12.8 Å². The van der Waals surface area contributed by atoms with Gasteiger partial charge in [-0.2, -0.15) is 0 Å². The molecular weight excluding hydrogens is 339 g/mol. The second-order valence-corrected chi connectivity index (χ2v) is 5.66. The van der Waals surface area contributed by atoms with Gasteiger partial charge in [-0.15, -0.1) is 0 Å². The van der Waals surface area contributed by atoms with Crippen LogP contribution in [-0.2, 0) is 11.2 Å². The summed E-state index contributed by atoms with van der Waals surface area (Å²) in [6.45, 7) is 0.657. The zero-order valence-electron chi connectivity index (χ0n) is 12.3. The van der Waals surface area contributed by atoms with E-state index in [1.54, 1.807) is 18.2 Å². The maximum Gasteiger partial charge on any atom is 0.303 e. The molecule has 0 amide bonds. The van der Waals surface area contributed by atoms with Crippen molar-refractivity contribution >= 4 is 29.2 Å². The van der Waals surface area contributed by atoms with Gasteiger partial charge in [-0.05, 0) is 36.2 Å². The Labute approximate surface area is 144 Å². The van der Waals surface area contributed by atoms with Crippen LogP contribution in [0.3, 0.4) is 0 Å². The van der Waals surface area contributed by atoms with Crippen molar-refractivity contribution in [2.24, 2.45) is 0 Å². The van der Waals surface area contributed by atoms with E-state index in [1.165, 1.54) is 0 Å². The van der Waals surface area contributed by atoms with E-state index in [1.807, 2.05) is 24.3 Å². The molecule has 0 aliphatic heterocycles. The monoisotopic (exact) mass is 354 g/mol. The third-order valence-corrected chi connectivity index (χ3v) is 3.58. The molecule has 0 radical (unpaired) electrons. The molecule has 0 aromatic heterocycles. The van der Waals surface area contributed by atoms with E-state index in [4.69, 9.17) is 37.8 Å². The molecule has 0 aliphatic carbocycles. The summed E-state index contributed by atoms with van der Waals surface area (Å²) in [5.74, 6) is 0.370. The number of carboxylic acids is 1. The SMILES string of the molecule is O=C(O)CCc1cccc(OCCOc2cc(Cl)ccc2Cl)c1. The molecule has 0 spiro atoms. The van der Waals surface area contributed by atoms with Crippen molar-refractivity contribution < 1.29 is 19.4 Å². The minimum Gasteiger partial charge on any atom is -0.490 e. The highest BCUT2D eigenvalue weighted by atomic mass is 35.5. The number of halogens is 2. The lowest BCUT2D eigenvalue weighted by molar-refractivity contribution is -0.136. The number of ether oxygens (including phenoxy) is 2. The first-order chi connectivity index (χ1) is 11.0. The van der Waals surface area contributed by atoms with E-state index in [-0.39, 0.29) is 6.42 Å². The average molecular weight is 355 g/mol. The summed E-state index contributed by atoms with van der Waals surface area (Å²) in [5.41, 5.74) is 0.920. The summed E-state index contributed by atoms with van der Waals surface area (Å²) >= 11 is 11.9. The second kappa shape index (κ2) is 8.65. The van der Waals surface area contributed by atoms with E-state index < -0.39 is 5.97 Å². The number of aryl methyl sites for hydroxylation is 1. The molecule has 0 fully saturated rings. The number of aliphatic carboxylic acids is 1. The molecule has 1 N–H and O–H groups in total. The topological polar surface area (TPSA) is 55.8 Å². The highest BCUT2D eigenvalue weighted by Gasteiger charge is 2.04. The predicted octanol–water partition coefficient (Wildman–Crippen LogP) is 4.47. The molecular formula is C17H16Cl2O4. The van der Waals surface area contributed by atoms with E-state index >= 15 is 0 Å². The molecule has 122 valence electrons. The smallest absolute Gasteiger partial charge is 0.303 e. The lowest BCUT2D eigenvalue weighted by Crippen LogP contribution is -2.09. The summed E-state index contributed by atoms with van der Waals surface area (Å²) in [6, 6.07) is 12.4. The first kappa shape index (κ1) is 17.4. The summed E-state index contributed by atoms with van der Waals surface area (Å²) in [7, 11) is 0. The standard InChI is InChI=1S/C17H16Cl2O4/c18-13-5-6-15(19)16(11-13)23-9-8-22-14-3-1-2-12(10-14)4-7-17(20)21/h1-3,5-6,10-11H,4,7-9H2,(H,20,21). The van der Waals surface area contributed by atoms with Crippen LogP contribution >= 0.6 is 23.2 Å². The van der Waals surface area contributed by atoms with Gasteiger partial charge >= 0.3 is 5.97 Å². The summed E-state index contributed by atoms with van der Waals surface area (Å²) in [6.07, 6.45) is 0.570. The minimum absolute atomic E-state index is 0.0971. The van der Waals surface area contributed by atoms with Crippen LogP contribution in [0.25, 0.3) is 0 Å². The third kappa shape index (κ3) is 6.00. The van der Waals surface area contributed by atoms with Gasteiger partial charge in [0, 0.05) is 17.5 Å². The predicted molar refractivity (Wildman–Crippen MR) is 89.9 cm³/mol. The maximum absolute atomic E-state index is 10.6. The summed E-state index contributed by atoms with van der Waals surface area (Å²) in [4.78, 5) is 10.6. The Morgan fingerprint density at radius 3 is 2.61 bits per heavy atom. The molecule has 0 saturated heterocycles. The molecule has 2 aromatic carbocycles. The zero-order valence-corrected chi connectivity index (χ0v) is 13.8. The number of carbonyl (C=O) groups is 1. The van der Waals surface area contributed by atoms with Gasteiger partial charge in [0.1, 0.15) is 24.7 Å². The molecule has 6 heteroatoms. The highest BCUT2D eigenvalue weighted by Crippen LogP contribution is 2.27. The molecule has 2 rings (SSSR count). The van der Waals surface area contributed by atoms with Gasteiger partial charge in [0.05, 0.1) is 5.02 Å². The molecule has 2 aromatic rings. The molecule has 0 unspecified atom stereocenters. The van der Waals surface area contributed by atoms with Gasteiger partial charge in [0.25, 0.3) is 0 Å². The number of carboxylic acid groups (broad SMARTS) is 1. The van der Waals surface area contributed by atoms with Crippen LogP contribution in [0.2, 0.25) is 10.0 Å². The van der Waals surface area contributed by atoms with Gasteiger partial charge in [-0.25, -0.2) is 0 Å². The van der Waals surface area contributed by atoms with Crippen molar-refractivity contribution in [3.63, 3.8) is 0 Å². The van der Waals surface area contributed by atoms with Gasteiger partial charge < -0.3 is 14.6 Å². The first-order valence-electron chi connectivity index (χ1n) is 7.06. The highest BCUT2D eigenvalue weighted by molar-refractivity contribution is 6.34. The molecule has 23 heavy (non-hydrogen) atoms. The van der Waals surface area contributed by atoms with Crippen LogP contribution in [0.5, 0.6) is 11.5 Å². The first-order valence-corrected chi connectivity index (χ1v) is 7.81. The number of rotatable bonds is 8. The normalized spacial score (nSPS) is 10.3. The fourth-order valence-corrected chi connectivity index (χ4v) is 2.28. The van der Waals surface area contributed by atoms with Crippen molar-refractivity contribution in [1.82, 2.24) is 0 Å². The van der Waals surface area contributed by atoms with Gasteiger partial charge in [-0.3, -0.25) is 4.79 Å². The lowest BCUT2D eigenvalue weighted by Gasteiger charge is -2.10. The average Bonchev–Trinajstić information content (AvgIpc) is 2.53. The van der Waals surface area contributed by atoms with E-state index in [0.717, 1.165) is 5.56 Å². The Morgan fingerprint density at radius 2 is 1.83 bits per heavy atom. The van der Waals surface area contributed by atoms with E-state index in [2.05, 4.69) is 0 Å². The number of hydrogen-bond donors (Lipinski definition) is 1. The summed E-state index contributed by atoms with van der Waals surface area (Å²) < 4.78 is 11.1. The molecule has 0 atom stereocenters. The van der Waals surface area contributed by atoms with Gasteiger partial charge in [0.2, 0.25) is 0 Å². The van der Waals surface area contributed by atoms with Crippen LogP contribution in [-0.4, -0.2) is 24.3 Å². The van der Waals surface area contributed by atoms with Crippen molar-refractivity contribution in [3.05, 3.63) is 58.1 Å². The lowest BCUT2D eigenvalue weighted by atomic mass is 10.1. The zero-order chi connectivity index (χ0) is 16.7. The fraction of sp³-hybridized carbons (Fsp3) is 0.235. The Kier molecular flexibility index (Phi) is 6.56. The van der Waals surface area contributed by atoms with E-state index in [9.17, 15) is 4.79 Å². The minimum atomic E-state index is -0.817. The van der Waals surface area contributed by atoms with Crippen molar-refractivity contribution in [3.8, 4) is 11.5 Å². The molecule has 0 bridgehead atoms. The Bertz CT molecular complexity index is 673. The fourth-order valence-electron chi connectivity index (χ4n) is 1.94. The quantitative estimate of drug-likeness (QED) is 0.710. The van der Waals surface area contributed by atoms with Crippen LogP contribution in [0, 0.1) is 0 Å². The maximum atomic E-state index is 10.6. The van der Waals surface area contributed by atoms with Crippen LogP contribution < -0.4 is 9.47 Å². The molecule has 0 heterocycles. The van der Waals surface area contributed by atoms with Gasteiger partial charge in [0.15, 0.2) is 0 Å². The Hall–Kier alpha value is -1.91. The van der Waals surface area contributed by atoms with E-state index in [0.29, 0.717) is 41.2 Å². The number of benzene rings is 2. The Balaban J connectivity index is 1.81. The van der Waals surface area contributed by atoms with Crippen LogP contribution in [0.15, 0.2) is 42.5 Å². The van der Waals surface area contributed by atoms with Crippen LogP contribution in [0.4, 0.5) is 0 Å².